The maximum absolute atomic E-state index is 13.1. The lowest BCUT2D eigenvalue weighted by Gasteiger charge is -2.27. The number of aliphatic hydroxyl groups is 1. The quantitative estimate of drug-likeness (QED) is 0.623. The second-order valence-electron chi connectivity index (χ2n) is 7.14. The highest BCUT2D eigenvalue weighted by Gasteiger charge is 2.34. The van der Waals surface area contributed by atoms with Gasteiger partial charge in [0.25, 0.3) is 0 Å². The van der Waals surface area contributed by atoms with E-state index in [1.807, 2.05) is 6.08 Å². The van der Waals surface area contributed by atoms with Crippen LogP contribution in [0.3, 0.4) is 0 Å². The summed E-state index contributed by atoms with van der Waals surface area (Å²) >= 11 is 6.32. The third-order valence-electron chi connectivity index (χ3n) is 4.94. The zero-order valence-electron chi connectivity index (χ0n) is 17.4. The van der Waals surface area contributed by atoms with E-state index in [-0.39, 0.29) is 24.7 Å². The largest absolute Gasteiger partial charge is 0.493 e. The van der Waals surface area contributed by atoms with Gasteiger partial charge in [-0.2, -0.15) is 13.2 Å². The molecule has 0 saturated carbocycles. The number of carbonyl (C=O) groups excluding carboxylic acids is 1. The van der Waals surface area contributed by atoms with Crippen LogP contribution in [0, 0.1) is 0 Å². The molecule has 10 heteroatoms. The Kier molecular flexibility index (Phi) is 7.63. The first-order valence-electron chi connectivity index (χ1n) is 10.1. The molecular weight excluding hydrogens is 447 g/mol. The lowest BCUT2D eigenvalue weighted by atomic mass is 10.0. The summed E-state index contributed by atoms with van der Waals surface area (Å²) in [6.07, 6.45) is -0.0440. The van der Waals surface area contributed by atoms with Crippen LogP contribution in [0.5, 0.6) is 5.75 Å². The Hall–Kier alpha value is -2.78. The summed E-state index contributed by atoms with van der Waals surface area (Å²) in [5.74, 6) is -0.330. The maximum atomic E-state index is 13.1. The fraction of sp³-hybridized carbons (Fsp3) is 0.364. The van der Waals surface area contributed by atoms with Gasteiger partial charge in [0.1, 0.15) is 5.75 Å². The number of benzene rings is 1. The van der Waals surface area contributed by atoms with Gasteiger partial charge in [-0.05, 0) is 49.1 Å². The smallest absolute Gasteiger partial charge is 0.419 e. The van der Waals surface area contributed by atoms with Crippen LogP contribution in [0.2, 0.25) is 5.02 Å². The van der Waals surface area contributed by atoms with Crippen LogP contribution in [-0.2, 0) is 12.6 Å². The number of amides is 2. The molecule has 172 valence electrons. The van der Waals surface area contributed by atoms with Crippen LogP contribution in [0.25, 0.3) is 5.57 Å². The summed E-state index contributed by atoms with van der Waals surface area (Å²) in [4.78, 5) is 18.5. The molecule has 2 N–H and O–H groups in total. The minimum Gasteiger partial charge on any atom is -0.493 e. The average Bonchev–Trinajstić information content (AvgIpc) is 2.74. The van der Waals surface area contributed by atoms with Crippen molar-refractivity contribution >= 4 is 28.9 Å². The van der Waals surface area contributed by atoms with E-state index in [4.69, 9.17) is 21.4 Å². The molecular formula is C22H23ClF3N3O3. The van der Waals surface area contributed by atoms with Crippen LogP contribution >= 0.6 is 11.6 Å². The summed E-state index contributed by atoms with van der Waals surface area (Å²) in [5.41, 5.74) is 1.70. The molecule has 1 aliphatic heterocycles. The van der Waals surface area contributed by atoms with Crippen molar-refractivity contribution in [3.63, 3.8) is 0 Å². The minimum atomic E-state index is -4.55. The van der Waals surface area contributed by atoms with Gasteiger partial charge in [-0.3, -0.25) is 4.98 Å². The first-order chi connectivity index (χ1) is 15.2. The molecule has 2 heterocycles. The van der Waals surface area contributed by atoms with Crippen molar-refractivity contribution in [1.29, 1.82) is 0 Å². The molecule has 3 rings (SSSR count). The van der Waals surface area contributed by atoms with Crippen LogP contribution in [0.1, 0.15) is 30.2 Å². The molecule has 0 fully saturated rings. The summed E-state index contributed by atoms with van der Waals surface area (Å²) < 4.78 is 44.4. The van der Waals surface area contributed by atoms with E-state index in [2.05, 4.69) is 10.3 Å². The summed E-state index contributed by atoms with van der Waals surface area (Å²) in [6.45, 7) is 2.36. The van der Waals surface area contributed by atoms with Crippen molar-refractivity contribution in [2.24, 2.45) is 0 Å². The van der Waals surface area contributed by atoms with Gasteiger partial charge in [0, 0.05) is 37.6 Å². The Labute approximate surface area is 188 Å². The van der Waals surface area contributed by atoms with E-state index in [9.17, 15) is 18.0 Å². The second kappa shape index (κ2) is 10.2. The number of carbonyl (C=O) groups is 1. The molecule has 0 saturated heterocycles. The molecule has 0 atom stereocenters. The molecule has 0 radical (unpaired) electrons. The number of nitrogens with zero attached hydrogens (tertiary/aromatic N) is 2. The highest BCUT2D eigenvalue weighted by Crippen LogP contribution is 2.38. The van der Waals surface area contributed by atoms with Crippen molar-refractivity contribution in [2.45, 2.75) is 25.9 Å². The van der Waals surface area contributed by atoms with Crippen molar-refractivity contribution in [2.75, 3.05) is 31.6 Å². The number of aliphatic hydroxyl groups excluding tert-OH is 1. The summed E-state index contributed by atoms with van der Waals surface area (Å²) in [5, 5.41) is 12.1. The first kappa shape index (κ1) is 23.9. The second-order valence-corrected chi connectivity index (χ2v) is 7.55. The van der Waals surface area contributed by atoms with Crippen molar-refractivity contribution in [1.82, 2.24) is 9.88 Å². The van der Waals surface area contributed by atoms with Crippen molar-refractivity contribution < 1.29 is 27.8 Å². The van der Waals surface area contributed by atoms with Crippen LogP contribution in [0.4, 0.5) is 23.7 Å². The number of alkyl halides is 3. The van der Waals surface area contributed by atoms with Gasteiger partial charge in [-0.25, -0.2) is 4.79 Å². The molecule has 32 heavy (non-hydrogen) atoms. The highest BCUT2D eigenvalue weighted by atomic mass is 35.5. The molecule has 2 aromatic rings. The number of pyridine rings is 1. The molecule has 0 unspecified atom stereocenters. The number of aromatic nitrogens is 1. The Balaban J connectivity index is 1.68. The zero-order valence-corrected chi connectivity index (χ0v) is 18.1. The summed E-state index contributed by atoms with van der Waals surface area (Å²) in [6, 6.07) is 4.60. The molecule has 0 spiro atoms. The van der Waals surface area contributed by atoms with E-state index in [0.717, 1.165) is 17.2 Å². The Morgan fingerprint density at radius 3 is 2.72 bits per heavy atom. The fourth-order valence-electron chi connectivity index (χ4n) is 3.36. The topological polar surface area (TPSA) is 74.7 Å². The van der Waals surface area contributed by atoms with Gasteiger partial charge in [0.05, 0.1) is 22.9 Å². The number of halogens is 4. The number of hydrogen-bond donors (Lipinski definition) is 2. The van der Waals surface area contributed by atoms with Crippen molar-refractivity contribution in [3.05, 3.63) is 58.4 Å². The van der Waals surface area contributed by atoms with Crippen LogP contribution in [0.15, 0.2) is 36.5 Å². The van der Waals surface area contributed by atoms with Gasteiger partial charge in [0.15, 0.2) is 0 Å². The van der Waals surface area contributed by atoms with E-state index >= 15 is 0 Å². The molecule has 1 aromatic carbocycles. The van der Waals surface area contributed by atoms with Crippen LogP contribution in [-0.4, -0.2) is 47.3 Å². The predicted molar refractivity (Wildman–Crippen MR) is 116 cm³/mol. The standard InChI is InChI=1S/C22H23ClF3N3O3/c1-2-32-19-12-16(3-4-17(19)22(24,25)26)28-21(31)29-8-5-15(6-9-29)20-18(23)11-14(7-10-30)13-27-20/h3-5,11-13,30H,2,6-10H2,1H3,(H,28,31). The molecule has 2 amide bonds. The number of rotatable bonds is 6. The predicted octanol–water partition coefficient (Wildman–Crippen LogP) is 5.01. The third kappa shape index (κ3) is 5.72. The van der Waals surface area contributed by atoms with E-state index < -0.39 is 17.8 Å². The highest BCUT2D eigenvalue weighted by molar-refractivity contribution is 6.32. The zero-order chi connectivity index (χ0) is 23.3. The number of ether oxygens (including phenoxy) is 1. The maximum Gasteiger partial charge on any atom is 0.419 e. The van der Waals surface area contributed by atoms with E-state index in [1.165, 1.54) is 17.0 Å². The lowest BCUT2D eigenvalue weighted by molar-refractivity contribution is -0.138. The Morgan fingerprint density at radius 1 is 1.34 bits per heavy atom. The normalized spacial score (nSPS) is 14.2. The van der Waals surface area contributed by atoms with Gasteiger partial charge >= 0.3 is 12.2 Å². The van der Waals surface area contributed by atoms with Gasteiger partial charge in [-0.1, -0.05) is 17.7 Å². The SMILES string of the molecule is CCOc1cc(NC(=O)N2CC=C(c3ncc(CCO)cc3Cl)CC2)ccc1C(F)(F)F. The number of hydrogen-bond acceptors (Lipinski definition) is 4. The number of nitrogens with one attached hydrogen (secondary N) is 1. The summed E-state index contributed by atoms with van der Waals surface area (Å²) in [7, 11) is 0. The molecule has 0 bridgehead atoms. The van der Waals surface area contributed by atoms with Gasteiger partial charge < -0.3 is 20.1 Å². The monoisotopic (exact) mass is 469 g/mol. The first-order valence-corrected chi connectivity index (χ1v) is 10.5. The lowest BCUT2D eigenvalue weighted by Crippen LogP contribution is -2.38. The van der Waals surface area contributed by atoms with E-state index in [1.54, 1.807) is 19.2 Å². The fourth-order valence-corrected chi connectivity index (χ4v) is 3.67. The van der Waals surface area contributed by atoms with Gasteiger partial charge in [-0.15, -0.1) is 0 Å². The average molecular weight is 470 g/mol. The Morgan fingerprint density at radius 2 is 2.12 bits per heavy atom. The number of anilines is 1. The molecule has 6 nitrogen and oxygen atoms in total. The molecule has 1 aliphatic rings. The van der Waals surface area contributed by atoms with Gasteiger partial charge in [0.2, 0.25) is 0 Å². The Bertz CT molecular complexity index is 1010. The minimum absolute atomic E-state index is 0.00905. The molecule has 0 aliphatic carbocycles. The third-order valence-corrected chi connectivity index (χ3v) is 5.23. The van der Waals surface area contributed by atoms with Crippen LogP contribution < -0.4 is 10.1 Å². The van der Waals surface area contributed by atoms with Crippen molar-refractivity contribution in [3.8, 4) is 5.75 Å². The number of urea groups is 1. The molecule has 1 aromatic heterocycles. The van der Waals surface area contributed by atoms with E-state index in [0.29, 0.717) is 36.6 Å².